The molecule has 1 aromatic carbocycles. The maximum absolute atomic E-state index is 5.38. The predicted molar refractivity (Wildman–Crippen MR) is 91.6 cm³/mol. The molecule has 0 radical (unpaired) electrons. The Kier molecular flexibility index (Phi) is 5.43. The van der Waals surface area contributed by atoms with Crippen molar-refractivity contribution in [1.29, 1.82) is 0 Å². The molecule has 1 aliphatic heterocycles. The van der Waals surface area contributed by atoms with Crippen LogP contribution in [0.2, 0.25) is 0 Å². The van der Waals surface area contributed by atoms with Gasteiger partial charge in [0.25, 0.3) is 0 Å². The van der Waals surface area contributed by atoms with E-state index < -0.39 is 0 Å². The largest absolute Gasteiger partial charge is 0.385 e. The number of ether oxygens (including phenoxy) is 1. The molecule has 0 spiro atoms. The number of morpholine rings is 1. The summed E-state index contributed by atoms with van der Waals surface area (Å²) in [4.78, 5) is 6.92. The first-order valence-electron chi connectivity index (χ1n) is 7.83. The Morgan fingerprint density at radius 2 is 2.00 bits per heavy atom. The Hall–Kier alpha value is -1.43. The van der Waals surface area contributed by atoms with Gasteiger partial charge in [0.2, 0.25) is 0 Å². The molecule has 22 heavy (non-hydrogen) atoms. The fourth-order valence-electron chi connectivity index (χ4n) is 2.58. The molecule has 1 aliphatic rings. The lowest BCUT2D eigenvalue weighted by atomic mass is 10.2. The normalized spacial score (nSPS) is 15.9. The molecular weight excluding hydrogens is 294 g/mol. The highest BCUT2D eigenvalue weighted by Gasteiger charge is 2.10. The Labute approximate surface area is 136 Å². The van der Waals surface area contributed by atoms with E-state index in [1.165, 1.54) is 16.3 Å². The second kappa shape index (κ2) is 7.72. The van der Waals surface area contributed by atoms with Crippen molar-refractivity contribution >= 4 is 17.0 Å². The first-order valence-corrected chi connectivity index (χ1v) is 8.71. The van der Waals surface area contributed by atoms with Crippen molar-refractivity contribution in [2.45, 2.75) is 19.9 Å². The van der Waals surface area contributed by atoms with E-state index in [1.54, 1.807) is 11.3 Å². The molecule has 4 nitrogen and oxygen atoms in total. The molecule has 1 aromatic heterocycles. The Balaban J connectivity index is 1.44. The van der Waals surface area contributed by atoms with Gasteiger partial charge >= 0.3 is 0 Å². The topological polar surface area (TPSA) is 37.4 Å². The van der Waals surface area contributed by atoms with Gasteiger partial charge in [0, 0.05) is 49.4 Å². The first-order chi connectivity index (χ1) is 10.8. The zero-order valence-corrected chi connectivity index (χ0v) is 13.9. The Morgan fingerprint density at radius 3 is 2.68 bits per heavy atom. The number of rotatable bonds is 6. The van der Waals surface area contributed by atoms with Crippen molar-refractivity contribution in [3.05, 3.63) is 45.9 Å². The zero-order valence-electron chi connectivity index (χ0n) is 13.0. The molecular formula is C17H23N3OS. The maximum atomic E-state index is 5.38. The number of thiazole rings is 1. The van der Waals surface area contributed by atoms with Crippen molar-refractivity contribution in [2.24, 2.45) is 0 Å². The summed E-state index contributed by atoms with van der Waals surface area (Å²) < 4.78 is 5.38. The van der Waals surface area contributed by atoms with Crippen molar-refractivity contribution in [1.82, 2.24) is 9.88 Å². The van der Waals surface area contributed by atoms with Crippen molar-refractivity contribution in [2.75, 3.05) is 38.2 Å². The van der Waals surface area contributed by atoms with Crippen molar-refractivity contribution < 1.29 is 4.74 Å². The van der Waals surface area contributed by atoms with Gasteiger partial charge in [-0.2, -0.15) is 0 Å². The lowest BCUT2D eigenvalue weighted by molar-refractivity contribution is 0.0342. The minimum absolute atomic E-state index is 0.857. The fraction of sp³-hybridized carbons (Fsp3) is 0.471. The summed E-state index contributed by atoms with van der Waals surface area (Å²) in [6, 6.07) is 8.77. The van der Waals surface area contributed by atoms with Crippen molar-refractivity contribution in [3.8, 4) is 0 Å². The van der Waals surface area contributed by atoms with E-state index in [0.717, 1.165) is 51.5 Å². The molecule has 0 amide bonds. The van der Waals surface area contributed by atoms with Crippen LogP contribution in [0.1, 0.15) is 16.3 Å². The van der Waals surface area contributed by atoms with Crippen LogP contribution in [0.4, 0.5) is 5.69 Å². The summed E-state index contributed by atoms with van der Waals surface area (Å²) in [5, 5.41) is 6.78. The second-order valence-electron chi connectivity index (χ2n) is 5.64. The number of aryl methyl sites for hydroxylation is 1. The third-order valence-corrected chi connectivity index (χ3v) is 4.82. The van der Waals surface area contributed by atoms with Crippen LogP contribution < -0.4 is 5.32 Å². The van der Waals surface area contributed by atoms with Gasteiger partial charge in [0.1, 0.15) is 0 Å². The van der Waals surface area contributed by atoms with Gasteiger partial charge < -0.3 is 10.1 Å². The molecule has 0 aliphatic carbocycles. The van der Waals surface area contributed by atoms with E-state index in [2.05, 4.69) is 44.8 Å². The Bertz CT molecular complexity index is 576. The summed E-state index contributed by atoms with van der Waals surface area (Å²) >= 11 is 1.74. The van der Waals surface area contributed by atoms with Crippen molar-refractivity contribution in [3.63, 3.8) is 0 Å². The molecule has 1 N–H and O–H groups in total. The average molecular weight is 317 g/mol. The monoisotopic (exact) mass is 317 g/mol. The smallest absolute Gasteiger partial charge is 0.0945 e. The molecule has 5 heteroatoms. The number of nitrogens with zero attached hydrogens (tertiary/aromatic N) is 2. The van der Waals surface area contributed by atoms with Gasteiger partial charge in [-0.25, -0.2) is 4.98 Å². The van der Waals surface area contributed by atoms with Gasteiger partial charge in [-0.1, -0.05) is 12.1 Å². The number of nitrogens with one attached hydrogen (secondary N) is 1. The highest BCUT2D eigenvalue weighted by atomic mass is 32.1. The van der Waals surface area contributed by atoms with E-state index in [1.807, 2.05) is 6.92 Å². The van der Waals surface area contributed by atoms with Gasteiger partial charge in [-0.3, -0.25) is 4.90 Å². The summed E-state index contributed by atoms with van der Waals surface area (Å²) in [6.45, 7) is 7.77. The van der Waals surface area contributed by atoms with Crippen LogP contribution >= 0.6 is 11.3 Å². The van der Waals surface area contributed by atoms with Gasteiger partial charge in [-0.05, 0) is 24.6 Å². The molecule has 0 saturated carbocycles. The van der Waals surface area contributed by atoms with Crippen LogP contribution in [0.25, 0.3) is 0 Å². The van der Waals surface area contributed by atoms with Crippen LogP contribution in [0, 0.1) is 6.92 Å². The molecule has 0 unspecified atom stereocenters. The van der Waals surface area contributed by atoms with Gasteiger partial charge in [0.15, 0.2) is 0 Å². The summed E-state index contributed by atoms with van der Waals surface area (Å²) in [6.07, 6.45) is 0.980. The number of hydrogen-bond acceptors (Lipinski definition) is 5. The van der Waals surface area contributed by atoms with Crippen LogP contribution in [-0.2, 0) is 17.7 Å². The molecule has 0 atom stereocenters. The number of benzene rings is 1. The molecule has 1 fully saturated rings. The summed E-state index contributed by atoms with van der Waals surface area (Å²) in [7, 11) is 0. The quantitative estimate of drug-likeness (QED) is 0.889. The molecule has 2 heterocycles. The predicted octanol–water partition coefficient (Wildman–Crippen LogP) is 2.94. The van der Waals surface area contributed by atoms with Crippen LogP contribution in [0.5, 0.6) is 0 Å². The standard InChI is InChI=1S/C17H23N3OS/c1-14-13-22-17(19-14)6-7-18-16-4-2-15(3-5-16)12-20-8-10-21-11-9-20/h2-5,13,18H,6-12H2,1H3. The lowest BCUT2D eigenvalue weighted by Gasteiger charge is -2.26. The fourth-order valence-corrected chi connectivity index (χ4v) is 3.35. The van der Waals surface area contributed by atoms with E-state index >= 15 is 0 Å². The third kappa shape index (κ3) is 4.53. The maximum Gasteiger partial charge on any atom is 0.0945 e. The molecule has 2 aromatic rings. The number of hydrogen-bond donors (Lipinski definition) is 1. The third-order valence-electron chi connectivity index (χ3n) is 3.80. The van der Waals surface area contributed by atoms with E-state index in [9.17, 15) is 0 Å². The Morgan fingerprint density at radius 1 is 1.23 bits per heavy atom. The molecule has 3 rings (SSSR count). The highest BCUT2D eigenvalue weighted by molar-refractivity contribution is 7.09. The van der Waals surface area contributed by atoms with Crippen LogP contribution in [0.3, 0.4) is 0 Å². The summed E-state index contributed by atoms with van der Waals surface area (Å²) in [5.74, 6) is 0. The second-order valence-corrected chi connectivity index (χ2v) is 6.59. The molecule has 0 bridgehead atoms. The van der Waals surface area contributed by atoms with E-state index in [0.29, 0.717) is 0 Å². The van der Waals surface area contributed by atoms with E-state index in [-0.39, 0.29) is 0 Å². The minimum Gasteiger partial charge on any atom is -0.385 e. The first kappa shape index (κ1) is 15.5. The van der Waals surface area contributed by atoms with E-state index in [4.69, 9.17) is 4.74 Å². The van der Waals surface area contributed by atoms with Crippen LogP contribution in [0.15, 0.2) is 29.6 Å². The summed E-state index contributed by atoms with van der Waals surface area (Å²) in [5.41, 5.74) is 3.66. The highest BCUT2D eigenvalue weighted by Crippen LogP contribution is 2.13. The molecule has 1 saturated heterocycles. The van der Waals surface area contributed by atoms with Gasteiger partial charge in [-0.15, -0.1) is 11.3 Å². The molecule has 118 valence electrons. The zero-order chi connectivity index (χ0) is 15.2. The van der Waals surface area contributed by atoms with Gasteiger partial charge in [0.05, 0.1) is 18.2 Å². The minimum atomic E-state index is 0.857. The number of aromatic nitrogens is 1. The number of anilines is 1. The average Bonchev–Trinajstić information content (AvgIpc) is 2.96. The SMILES string of the molecule is Cc1csc(CCNc2ccc(CN3CCOCC3)cc2)n1. The lowest BCUT2D eigenvalue weighted by Crippen LogP contribution is -2.35. The van der Waals surface area contributed by atoms with Crippen LogP contribution in [-0.4, -0.2) is 42.7 Å².